The normalized spacial score (nSPS) is 10.4. The van der Waals surface area contributed by atoms with Crippen LogP contribution in [0.3, 0.4) is 0 Å². The minimum Gasteiger partial charge on any atom is -0.366 e. The second-order valence-electron chi connectivity index (χ2n) is 5.86. The van der Waals surface area contributed by atoms with E-state index in [4.69, 9.17) is 0 Å². The average Bonchev–Trinajstić information content (AvgIpc) is 2.67. The van der Waals surface area contributed by atoms with Crippen molar-refractivity contribution in [3.8, 4) is 11.4 Å². The fraction of sp³-hybridized carbons (Fsp3) is 0.200. The molecule has 0 bridgehead atoms. The number of nitrogens with one attached hydrogen (secondary N) is 2. The first kappa shape index (κ1) is 17.5. The Balaban J connectivity index is 1.70. The molecule has 0 saturated carbocycles. The zero-order valence-electron chi connectivity index (χ0n) is 14.9. The molecule has 3 rings (SSSR count). The van der Waals surface area contributed by atoms with Gasteiger partial charge in [-0.3, -0.25) is 9.78 Å². The van der Waals surface area contributed by atoms with Gasteiger partial charge < -0.3 is 10.6 Å². The zero-order valence-corrected chi connectivity index (χ0v) is 14.9. The quantitative estimate of drug-likeness (QED) is 0.716. The van der Waals surface area contributed by atoms with Crippen molar-refractivity contribution in [1.82, 2.24) is 20.3 Å². The van der Waals surface area contributed by atoms with Crippen LogP contribution in [0.1, 0.15) is 28.5 Å². The third-order valence-electron chi connectivity index (χ3n) is 3.82. The van der Waals surface area contributed by atoms with Crippen molar-refractivity contribution in [2.45, 2.75) is 20.4 Å². The Hall–Kier alpha value is -3.28. The van der Waals surface area contributed by atoms with Gasteiger partial charge >= 0.3 is 0 Å². The molecule has 2 aromatic heterocycles. The first-order chi connectivity index (χ1) is 12.7. The Labute approximate surface area is 152 Å². The summed E-state index contributed by atoms with van der Waals surface area (Å²) < 4.78 is 0. The maximum absolute atomic E-state index is 11.8. The lowest BCUT2D eigenvalue weighted by Gasteiger charge is -2.09. The van der Waals surface area contributed by atoms with Crippen LogP contribution < -0.4 is 10.6 Å². The van der Waals surface area contributed by atoms with Gasteiger partial charge in [-0.2, -0.15) is 0 Å². The minimum absolute atomic E-state index is 0.0552. The molecule has 0 aliphatic carbocycles. The van der Waals surface area contributed by atoms with Crippen molar-refractivity contribution in [2.24, 2.45) is 0 Å². The van der Waals surface area contributed by atoms with Gasteiger partial charge in [0.1, 0.15) is 5.82 Å². The van der Waals surface area contributed by atoms with Gasteiger partial charge in [-0.1, -0.05) is 12.1 Å². The molecule has 6 heteroatoms. The third-order valence-corrected chi connectivity index (χ3v) is 3.82. The molecule has 0 radical (unpaired) electrons. The van der Waals surface area contributed by atoms with Gasteiger partial charge in [-0.05, 0) is 43.7 Å². The molecule has 0 aliphatic heterocycles. The van der Waals surface area contributed by atoms with Crippen molar-refractivity contribution in [2.75, 3.05) is 11.9 Å². The van der Waals surface area contributed by atoms with E-state index in [9.17, 15) is 4.79 Å². The van der Waals surface area contributed by atoms with Crippen LogP contribution in [0.5, 0.6) is 0 Å². The topological polar surface area (TPSA) is 79.8 Å². The summed E-state index contributed by atoms with van der Waals surface area (Å²) in [7, 11) is 0. The molecule has 1 aromatic carbocycles. The summed E-state index contributed by atoms with van der Waals surface area (Å²) in [5, 5.41) is 6.11. The van der Waals surface area contributed by atoms with E-state index in [-0.39, 0.29) is 5.91 Å². The second kappa shape index (κ2) is 8.20. The highest BCUT2D eigenvalue weighted by Crippen LogP contribution is 2.17. The van der Waals surface area contributed by atoms with Crippen LogP contribution in [-0.2, 0) is 6.54 Å². The molecular formula is C20H21N5O. The molecule has 2 heterocycles. The monoisotopic (exact) mass is 347 g/mol. The number of hydrogen-bond acceptors (Lipinski definition) is 5. The molecular weight excluding hydrogens is 326 g/mol. The summed E-state index contributed by atoms with van der Waals surface area (Å²) in [6.07, 6.45) is 3.45. The Morgan fingerprint density at radius 3 is 2.46 bits per heavy atom. The van der Waals surface area contributed by atoms with Crippen LogP contribution >= 0.6 is 0 Å². The van der Waals surface area contributed by atoms with Crippen molar-refractivity contribution in [3.05, 3.63) is 71.7 Å². The van der Waals surface area contributed by atoms with Crippen molar-refractivity contribution in [1.29, 1.82) is 0 Å². The highest BCUT2D eigenvalue weighted by Gasteiger charge is 2.06. The number of carbonyl (C=O) groups is 1. The fourth-order valence-corrected chi connectivity index (χ4v) is 2.52. The molecule has 6 nitrogen and oxygen atoms in total. The van der Waals surface area contributed by atoms with E-state index >= 15 is 0 Å². The molecule has 0 unspecified atom stereocenters. The number of rotatable bonds is 6. The maximum Gasteiger partial charge on any atom is 0.251 e. The van der Waals surface area contributed by atoms with E-state index in [0.29, 0.717) is 24.5 Å². The largest absolute Gasteiger partial charge is 0.366 e. The van der Waals surface area contributed by atoms with Crippen molar-refractivity contribution in [3.63, 3.8) is 0 Å². The number of nitrogens with zero attached hydrogens (tertiary/aromatic N) is 3. The Morgan fingerprint density at radius 1 is 1.04 bits per heavy atom. The number of carbonyl (C=O) groups excluding carboxylic acids is 1. The smallest absolute Gasteiger partial charge is 0.251 e. The van der Waals surface area contributed by atoms with Crippen LogP contribution in [0.25, 0.3) is 11.4 Å². The Bertz CT molecular complexity index is 878. The number of hydrogen-bond donors (Lipinski definition) is 2. The molecule has 0 atom stereocenters. The van der Waals surface area contributed by atoms with E-state index < -0.39 is 0 Å². The van der Waals surface area contributed by atoms with Gasteiger partial charge in [0.25, 0.3) is 5.91 Å². The van der Waals surface area contributed by atoms with E-state index in [2.05, 4.69) is 25.6 Å². The van der Waals surface area contributed by atoms with Gasteiger partial charge in [0.05, 0.1) is 0 Å². The lowest BCUT2D eigenvalue weighted by Crippen LogP contribution is -2.22. The lowest BCUT2D eigenvalue weighted by atomic mass is 10.1. The van der Waals surface area contributed by atoms with Gasteiger partial charge in [-0.15, -0.1) is 0 Å². The number of anilines is 1. The van der Waals surface area contributed by atoms with Crippen molar-refractivity contribution >= 4 is 11.7 Å². The number of amides is 1. The van der Waals surface area contributed by atoms with Crippen molar-refractivity contribution < 1.29 is 4.79 Å². The summed E-state index contributed by atoms with van der Waals surface area (Å²) in [5.41, 5.74) is 3.55. The van der Waals surface area contributed by atoms with Gasteiger partial charge in [0, 0.05) is 48.4 Å². The Kier molecular flexibility index (Phi) is 5.53. The summed E-state index contributed by atoms with van der Waals surface area (Å²) >= 11 is 0. The number of aromatic nitrogens is 3. The molecule has 0 spiro atoms. The standard InChI is InChI=1S/C20H21N5O/c1-3-22-20(26)17-6-4-15(5-7-17)13-23-18-12-14(2)24-19(25-18)16-8-10-21-11-9-16/h4-12H,3,13H2,1-2H3,(H,22,26)(H,23,24,25). The SMILES string of the molecule is CCNC(=O)c1ccc(CNc2cc(C)nc(-c3ccncc3)n2)cc1. The summed E-state index contributed by atoms with van der Waals surface area (Å²) in [4.78, 5) is 24.9. The fourth-order valence-electron chi connectivity index (χ4n) is 2.52. The first-order valence-electron chi connectivity index (χ1n) is 8.53. The molecule has 3 aromatic rings. The van der Waals surface area contributed by atoms with Crippen LogP contribution in [0, 0.1) is 6.92 Å². The number of aryl methyl sites for hydroxylation is 1. The summed E-state index contributed by atoms with van der Waals surface area (Å²) in [6, 6.07) is 13.2. The predicted octanol–water partition coefficient (Wildman–Crippen LogP) is 3.21. The zero-order chi connectivity index (χ0) is 18.4. The van der Waals surface area contributed by atoms with Crippen LogP contribution in [0.4, 0.5) is 5.82 Å². The van der Waals surface area contributed by atoms with Gasteiger partial charge in [0.15, 0.2) is 5.82 Å². The Morgan fingerprint density at radius 2 is 1.77 bits per heavy atom. The van der Waals surface area contributed by atoms with Crippen LogP contribution in [0.2, 0.25) is 0 Å². The first-order valence-corrected chi connectivity index (χ1v) is 8.53. The average molecular weight is 347 g/mol. The van der Waals surface area contributed by atoms with E-state index in [0.717, 1.165) is 22.6 Å². The predicted molar refractivity (Wildman–Crippen MR) is 102 cm³/mol. The van der Waals surface area contributed by atoms with Crippen LogP contribution in [-0.4, -0.2) is 27.4 Å². The molecule has 0 fully saturated rings. The van der Waals surface area contributed by atoms with Gasteiger partial charge in [0.2, 0.25) is 0 Å². The highest BCUT2D eigenvalue weighted by atomic mass is 16.1. The molecule has 0 saturated heterocycles. The summed E-state index contributed by atoms with van der Waals surface area (Å²) in [6.45, 7) is 5.08. The number of benzene rings is 1. The molecule has 1 amide bonds. The minimum atomic E-state index is -0.0552. The molecule has 26 heavy (non-hydrogen) atoms. The van der Waals surface area contributed by atoms with E-state index in [1.54, 1.807) is 12.4 Å². The van der Waals surface area contributed by atoms with E-state index in [1.807, 2.05) is 56.3 Å². The van der Waals surface area contributed by atoms with E-state index in [1.165, 1.54) is 0 Å². The maximum atomic E-state index is 11.8. The van der Waals surface area contributed by atoms with Crippen LogP contribution in [0.15, 0.2) is 54.9 Å². The number of pyridine rings is 1. The van der Waals surface area contributed by atoms with Gasteiger partial charge in [-0.25, -0.2) is 9.97 Å². The molecule has 2 N–H and O–H groups in total. The molecule has 0 aliphatic rings. The molecule has 132 valence electrons. The lowest BCUT2D eigenvalue weighted by molar-refractivity contribution is 0.0956. The second-order valence-corrected chi connectivity index (χ2v) is 5.86. The summed E-state index contributed by atoms with van der Waals surface area (Å²) in [5.74, 6) is 1.37. The third kappa shape index (κ3) is 4.42. The highest BCUT2D eigenvalue weighted by molar-refractivity contribution is 5.94.